The van der Waals surface area contributed by atoms with Gasteiger partial charge >= 0.3 is 5.97 Å². The van der Waals surface area contributed by atoms with Crippen LogP contribution in [0.1, 0.15) is 38.8 Å². The Kier molecular flexibility index (Phi) is 6.84. The van der Waals surface area contributed by atoms with Crippen LogP contribution < -0.4 is 5.32 Å². The molecular weight excluding hydrogens is 480 g/mol. The van der Waals surface area contributed by atoms with Crippen LogP contribution in [0.25, 0.3) is 33.3 Å². The maximum atomic E-state index is 13.7. The summed E-state index contributed by atoms with van der Waals surface area (Å²) in [6.45, 7) is 6.05. The van der Waals surface area contributed by atoms with Crippen molar-refractivity contribution in [1.29, 1.82) is 0 Å². The van der Waals surface area contributed by atoms with Gasteiger partial charge in [0.1, 0.15) is 10.6 Å². The van der Waals surface area contributed by atoms with Gasteiger partial charge in [0.2, 0.25) is 0 Å². The number of rotatable bonds is 6. The van der Waals surface area contributed by atoms with Gasteiger partial charge in [0.05, 0.1) is 23.4 Å². The molecule has 5 rings (SSSR count). The molecule has 6 heteroatoms. The lowest BCUT2D eigenvalue weighted by atomic mass is 10.0. The predicted molar refractivity (Wildman–Crippen MR) is 150 cm³/mol. The summed E-state index contributed by atoms with van der Waals surface area (Å²) >= 11 is 1.31. The second kappa shape index (κ2) is 10.4. The highest BCUT2D eigenvalue weighted by Crippen LogP contribution is 2.37. The van der Waals surface area contributed by atoms with E-state index in [0.717, 1.165) is 38.7 Å². The smallest absolute Gasteiger partial charge is 0.341 e. The molecule has 0 spiro atoms. The van der Waals surface area contributed by atoms with Gasteiger partial charge in [-0.15, -0.1) is 11.3 Å². The van der Waals surface area contributed by atoms with Crippen molar-refractivity contribution < 1.29 is 14.3 Å². The Morgan fingerprint density at radius 3 is 2.43 bits per heavy atom. The number of aromatic nitrogens is 1. The Labute approximate surface area is 219 Å². The van der Waals surface area contributed by atoms with E-state index in [4.69, 9.17) is 9.72 Å². The normalized spacial score (nSPS) is 10.9. The molecular formula is C31H26N2O3S. The molecule has 0 saturated carbocycles. The van der Waals surface area contributed by atoms with Crippen LogP contribution >= 0.6 is 11.3 Å². The minimum Gasteiger partial charge on any atom is -0.462 e. The van der Waals surface area contributed by atoms with E-state index in [1.807, 2.05) is 98.1 Å². The number of anilines is 1. The number of pyridine rings is 1. The minimum absolute atomic E-state index is 0.240. The first kappa shape index (κ1) is 24.4. The summed E-state index contributed by atoms with van der Waals surface area (Å²) in [5.74, 6) is -0.773. The number of nitrogens with zero attached hydrogens (tertiary/aromatic N) is 1. The molecule has 2 heterocycles. The lowest BCUT2D eigenvalue weighted by Gasteiger charge is -2.12. The number of para-hydroxylation sites is 1. The van der Waals surface area contributed by atoms with E-state index in [1.54, 1.807) is 6.92 Å². The lowest BCUT2D eigenvalue weighted by Crippen LogP contribution is -2.15. The van der Waals surface area contributed by atoms with E-state index >= 15 is 0 Å². The molecule has 0 bridgehead atoms. The second-order valence-corrected chi connectivity index (χ2v) is 9.72. The number of ether oxygens (including phenoxy) is 1. The van der Waals surface area contributed by atoms with Crippen molar-refractivity contribution in [1.82, 2.24) is 4.98 Å². The average molecular weight is 507 g/mol. The molecule has 0 aliphatic rings. The first-order valence-electron chi connectivity index (χ1n) is 12.1. The van der Waals surface area contributed by atoms with Crippen LogP contribution in [-0.4, -0.2) is 23.5 Å². The molecule has 0 saturated heterocycles. The fraction of sp³-hybridized carbons (Fsp3) is 0.129. The van der Waals surface area contributed by atoms with Crippen molar-refractivity contribution in [3.8, 4) is 22.4 Å². The third kappa shape index (κ3) is 5.01. The molecule has 0 aliphatic carbocycles. The van der Waals surface area contributed by atoms with E-state index in [0.29, 0.717) is 21.8 Å². The second-order valence-electron chi connectivity index (χ2n) is 8.84. The number of hydrogen-bond donors (Lipinski definition) is 1. The molecule has 37 heavy (non-hydrogen) atoms. The molecule has 0 unspecified atom stereocenters. The van der Waals surface area contributed by atoms with Gasteiger partial charge in [-0.25, -0.2) is 9.78 Å². The lowest BCUT2D eigenvalue weighted by molar-refractivity contribution is 0.0529. The molecule has 2 aromatic heterocycles. The number of carbonyl (C=O) groups is 2. The molecule has 184 valence electrons. The Bertz CT molecular complexity index is 1620. The van der Waals surface area contributed by atoms with Crippen LogP contribution in [0.5, 0.6) is 0 Å². The van der Waals surface area contributed by atoms with Gasteiger partial charge in [0.25, 0.3) is 5.91 Å². The van der Waals surface area contributed by atoms with E-state index in [1.165, 1.54) is 11.3 Å². The predicted octanol–water partition coefficient (Wildman–Crippen LogP) is 7.68. The summed E-state index contributed by atoms with van der Waals surface area (Å²) in [6.07, 6.45) is 0. The highest BCUT2D eigenvalue weighted by atomic mass is 32.1. The third-order valence-corrected chi connectivity index (χ3v) is 7.03. The van der Waals surface area contributed by atoms with E-state index in [9.17, 15) is 9.59 Å². The van der Waals surface area contributed by atoms with Crippen molar-refractivity contribution in [2.45, 2.75) is 20.8 Å². The first-order chi connectivity index (χ1) is 17.9. The molecule has 1 amide bonds. The largest absolute Gasteiger partial charge is 0.462 e. The van der Waals surface area contributed by atoms with Crippen LogP contribution in [0.2, 0.25) is 0 Å². The fourth-order valence-corrected chi connectivity index (χ4v) is 5.24. The van der Waals surface area contributed by atoms with Crippen LogP contribution in [0.15, 0.2) is 84.2 Å². The van der Waals surface area contributed by atoms with Gasteiger partial charge in [0.15, 0.2) is 0 Å². The number of nitrogens with one attached hydrogen (secondary N) is 1. The van der Waals surface area contributed by atoms with Crippen molar-refractivity contribution in [3.63, 3.8) is 0 Å². The number of thiophene rings is 1. The van der Waals surface area contributed by atoms with Crippen LogP contribution in [0.3, 0.4) is 0 Å². The van der Waals surface area contributed by atoms with Gasteiger partial charge in [-0.1, -0.05) is 71.8 Å². The zero-order valence-electron chi connectivity index (χ0n) is 20.9. The molecule has 0 fully saturated rings. The van der Waals surface area contributed by atoms with Crippen LogP contribution in [0.4, 0.5) is 5.00 Å². The SMILES string of the molecule is CCOC(=O)c1c(-c2ccc(C)cc2)csc1NC(=O)c1cc(-c2cccc(C)c2)nc2ccccc12. The molecule has 3 aromatic carbocycles. The van der Waals surface area contributed by atoms with Gasteiger partial charge in [-0.3, -0.25) is 4.79 Å². The molecule has 0 aliphatic heterocycles. The van der Waals surface area contributed by atoms with Gasteiger partial charge in [-0.05, 0) is 44.5 Å². The number of hydrogen-bond acceptors (Lipinski definition) is 5. The summed E-state index contributed by atoms with van der Waals surface area (Å²) in [6, 6.07) is 25.3. The zero-order chi connectivity index (χ0) is 25.9. The van der Waals surface area contributed by atoms with Gasteiger partial charge < -0.3 is 10.1 Å². The number of benzene rings is 3. The molecule has 5 nitrogen and oxygen atoms in total. The maximum absolute atomic E-state index is 13.7. The maximum Gasteiger partial charge on any atom is 0.341 e. The molecule has 1 N–H and O–H groups in total. The van der Waals surface area contributed by atoms with Crippen molar-refractivity contribution in [2.75, 3.05) is 11.9 Å². The minimum atomic E-state index is -0.463. The van der Waals surface area contributed by atoms with Crippen molar-refractivity contribution in [2.24, 2.45) is 0 Å². The molecule has 0 radical (unpaired) electrons. The van der Waals surface area contributed by atoms with E-state index in [2.05, 4.69) is 5.32 Å². The monoisotopic (exact) mass is 506 g/mol. The van der Waals surface area contributed by atoms with Crippen LogP contribution in [-0.2, 0) is 4.74 Å². The quantitative estimate of drug-likeness (QED) is 0.240. The first-order valence-corrected chi connectivity index (χ1v) is 13.0. The molecule has 0 atom stereocenters. The summed E-state index contributed by atoms with van der Waals surface area (Å²) in [4.78, 5) is 31.5. The Balaban J connectivity index is 1.58. The van der Waals surface area contributed by atoms with Gasteiger partial charge in [-0.2, -0.15) is 0 Å². The average Bonchev–Trinajstić information content (AvgIpc) is 3.32. The summed E-state index contributed by atoms with van der Waals surface area (Å²) in [5, 5.41) is 6.08. The van der Waals surface area contributed by atoms with Gasteiger partial charge in [0, 0.05) is 21.9 Å². The molecule has 5 aromatic rings. The zero-order valence-corrected chi connectivity index (χ0v) is 21.7. The Morgan fingerprint density at radius 1 is 0.892 bits per heavy atom. The van der Waals surface area contributed by atoms with E-state index in [-0.39, 0.29) is 12.5 Å². The standard InChI is InChI=1S/C31H26N2O3S/c1-4-36-31(35)28-25(21-14-12-19(2)13-15-21)18-37-30(28)33-29(34)24-17-27(22-9-7-8-20(3)16-22)32-26-11-6-5-10-23(24)26/h5-18H,4H2,1-3H3,(H,33,34). The topological polar surface area (TPSA) is 68.3 Å². The van der Waals surface area contributed by atoms with Crippen molar-refractivity contribution >= 4 is 39.1 Å². The third-order valence-electron chi connectivity index (χ3n) is 6.13. The number of aryl methyl sites for hydroxylation is 2. The highest BCUT2D eigenvalue weighted by molar-refractivity contribution is 7.15. The summed E-state index contributed by atoms with van der Waals surface area (Å²) in [5.41, 5.74) is 7.08. The Morgan fingerprint density at radius 2 is 1.68 bits per heavy atom. The number of fused-ring (bicyclic) bond motifs is 1. The fourth-order valence-electron chi connectivity index (χ4n) is 4.29. The highest BCUT2D eigenvalue weighted by Gasteiger charge is 2.24. The van der Waals surface area contributed by atoms with Crippen LogP contribution in [0, 0.1) is 13.8 Å². The van der Waals surface area contributed by atoms with Crippen molar-refractivity contribution in [3.05, 3.63) is 106 Å². The number of amides is 1. The number of carbonyl (C=O) groups excluding carboxylic acids is 2. The Hall–Kier alpha value is -4.29. The summed E-state index contributed by atoms with van der Waals surface area (Å²) < 4.78 is 5.36. The number of esters is 1. The summed E-state index contributed by atoms with van der Waals surface area (Å²) in [7, 11) is 0. The van der Waals surface area contributed by atoms with E-state index < -0.39 is 5.97 Å².